The van der Waals surface area contributed by atoms with Crippen molar-refractivity contribution >= 4 is 45.8 Å². The van der Waals surface area contributed by atoms with Crippen LogP contribution in [0, 0.1) is 3.57 Å². The molecule has 1 aliphatic rings. The van der Waals surface area contributed by atoms with E-state index in [0.717, 1.165) is 39.9 Å². The third-order valence-corrected chi connectivity index (χ3v) is 4.69. The highest BCUT2D eigenvalue weighted by Gasteiger charge is 2.17. The zero-order chi connectivity index (χ0) is 14.8. The van der Waals surface area contributed by atoms with E-state index in [4.69, 9.17) is 11.6 Å². The zero-order valence-corrected chi connectivity index (χ0v) is 14.2. The lowest BCUT2D eigenvalue weighted by atomic mass is 9.95. The Morgan fingerprint density at radius 3 is 2.95 bits per heavy atom. The van der Waals surface area contributed by atoms with Crippen LogP contribution < -0.4 is 10.6 Å². The molecule has 0 unspecified atom stereocenters. The summed E-state index contributed by atoms with van der Waals surface area (Å²) in [6.45, 7) is 1.74. The highest BCUT2D eigenvalue weighted by atomic mass is 127. The molecule has 0 fully saturated rings. The van der Waals surface area contributed by atoms with Crippen LogP contribution in [0.15, 0.2) is 36.4 Å². The predicted molar refractivity (Wildman–Crippen MR) is 94.0 cm³/mol. The quantitative estimate of drug-likeness (QED) is 0.736. The number of carbonyl (C=O) groups excluding carboxylic acids is 1. The molecule has 0 spiro atoms. The van der Waals surface area contributed by atoms with E-state index in [9.17, 15) is 4.79 Å². The summed E-state index contributed by atoms with van der Waals surface area (Å²) >= 11 is 8.11. The van der Waals surface area contributed by atoms with Gasteiger partial charge in [-0.2, -0.15) is 0 Å². The molecule has 1 heterocycles. The summed E-state index contributed by atoms with van der Waals surface area (Å²) in [6.07, 6.45) is 0.886. The van der Waals surface area contributed by atoms with Crippen LogP contribution in [0.5, 0.6) is 0 Å². The van der Waals surface area contributed by atoms with Gasteiger partial charge in [-0.3, -0.25) is 4.79 Å². The maximum atomic E-state index is 12.6. The van der Waals surface area contributed by atoms with Crippen molar-refractivity contribution in [3.05, 3.63) is 61.7 Å². The largest absolute Gasteiger partial charge is 0.321 e. The SMILES string of the molecule is O=C(Nc1ccc(Cl)cc1I)c1cccc2c1CCNC2. The first kappa shape index (κ1) is 14.8. The van der Waals surface area contributed by atoms with Crippen molar-refractivity contribution in [2.24, 2.45) is 0 Å². The fourth-order valence-corrected chi connectivity index (χ4v) is 3.53. The second kappa shape index (κ2) is 6.34. The van der Waals surface area contributed by atoms with Gasteiger partial charge in [0.15, 0.2) is 0 Å². The van der Waals surface area contributed by atoms with Crippen molar-refractivity contribution in [1.29, 1.82) is 0 Å². The minimum absolute atomic E-state index is 0.0611. The van der Waals surface area contributed by atoms with Crippen molar-refractivity contribution < 1.29 is 4.79 Å². The Balaban J connectivity index is 1.89. The van der Waals surface area contributed by atoms with Crippen molar-refractivity contribution in [2.45, 2.75) is 13.0 Å². The Morgan fingerprint density at radius 1 is 1.29 bits per heavy atom. The Kier molecular flexibility index (Phi) is 4.47. The Labute approximate surface area is 142 Å². The number of benzene rings is 2. The van der Waals surface area contributed by atoms with Gasteiger partial charge in [0.2, 0.25) is 0 Å². The highest BCUT2D eigenvalue weighted by molar-refractivity contribution is 14.1. The summed E-state index contributed by atoms with van der Waals surface area (Å²) in [6, 6.07) is 11.4. The molecular weight excluding hydrogens is 399 g/mol. The van der Waals surface area contributed by atoms with Crippen molar-refractivity contribution in [3.63, 3.8) is 0 Å². The molecule has 21 heavy (non-hydrogen) atoms. The van der Waals surface area contributed by atoms with Crippen LogP contribution in [0.4, 0.5) is 5.69 Å². The highest BCUT2D eigenvalue weighted by Crippen LogP contribution is 2.24. The topological polar surface area (TPSA) is 41.1 Å². The van der Waals surface area contributed by atoms with Gasteiger partial charge in [-0.05, 0) is 70.9 Å². The number of rotatable bonds is 2. The van der Waals surface area contributed by atoms with Gasteiger partial charge in [0.05, 0.1) is 5.69 Å². The minimum Gasteiger partial charge on any atom is -0.321 e. The van der Waals surface area contributed by atoms with Crippen LogP contribution in [-0.4, -0.2) is 12.5 Å². The first-order chi connectivity index (χ1) is 10.1. The molecule has 0 aromatic heterocycles. The van der Waals surface area contributed by atoms with Crippen LogP contribution in [0.2, 0.25) is 5.02 Å². The van der Waals surface area contributed by atoms with Gasteiger partial charge >= 0.3 is 0 Å². The minimum atomic E-state index is -0.0611. The molecular formula is C16H14ClIN2O. The third kappa shape index (κ3) is 3.22. The summed E-state index contributed by atoms with van der Waals surface area (Å²) in [5.74, 6) is -0.0611. The number of halogens is 2. The molecule has 5 heteroatoms. The molecule has 0 aliphatic carbocycles. The Hall–Kier alpha value is -1.11. The number of nitrogens with one attached hydrogen (secondary N) is 2. The van der Waals surface area contributed by atoms with E-state index in [2.05, 4.69) is 39.3 Å². The van der Waals surface area contributed by atoms with Crippen LogP contribution in [0.1, 0.15) is 21.5 Å². The van der Waals surface area contributed by atoms with Crippen molar-refractivity contribution in [3.8, 4) is 0 Å². The van der Waals surface area contributed by atoms with Gasteiger partial charge in [0.25, 0.3) is 5.91 Å². The summed E-state index contributed by atoms with van der Waals surface area (Å²) < 4.78 is 0.930. The lowest BCUT2D eigenvalue weighted by molar-refractivity contribution is 0.102. The Bertz CT molecular complexity index is 703. The average Bonchev–Trinajstić information content (AvgIpc) is 2.49. The molecule has 1 amide bonds. The smallest absolute Gasteiger partial charge is 0.255 e. The number of anilines is 1. The molecule has 2 aromatic carbocycles. The second-order valence-electron chi connectivity index (χ2n) is 4.95. The number of amides is 1. The maximum absolute atomic E-state index is 12.6. The molecule has 0 atom stereocenters. The third-order valence-electron chi connectivity index (χ3n) is 3.56. The van der Waals surface area contributed by atoms with E-state index < -0.39 is 0 Å². The second-order valence-corrected chi connectivity index (χ2v) is 6.55. The summed E-state index contributed by atoms with van der Waals surface area (Å²) in [7, 11) is 0. The lowest BCUT2D eigenvalue weighted by Crippen LogP contribution is -2.26. The zero-order valence-electron chi connectivity index (χ0n) is 11.2. The molecule has 108 valence electrons. The fraction of sp³-hybridized carbons (Fsp3) is 0.188. The van der Waals surface area contributed by atoms with Crippen LogP contribution >= 0.6 is 34.2 Å². The molecule has 2 aromatic rings. The van der Waals surface area contributed by atoms with Gasteiger partial charge in [0, 0.05) is 20.7 Å². The number of hydrogen-bond donors (Lipinski definition) is 2. The van der Waals surface area contributed by atoms with E-state index in [-0.39, 0.29) is 5.91 Å². The summed E-state index contributed by atoms with van der Waals surface area (Å²) in [4.78, 5) is 12.6. The van der Waals surface area contributed by atoms with Gasteiger partial charge in [-0.25, -0.2) is 0 Å². The summed E-state index contributed by atoms with van der Waals surface area (Å²) in [5, 5.41) is 6.97. The normalized spacial score (nSPS) is 13.6. The van der Waals surface area contributed by atoms with Gasteiger partial charge in [-0.15, -0.1) is 0 Å². The molecule has 0 saturated heterocycles. The maximum Gasteiger partial charge on any atom is 0.255 e. The van der Waals surface area contributed by atoms with Crippen molar-refractivity contribution in [2.75, 3.05) is 11.9 Å². The molecule has 0 radical (unpaired) electrons. The van der Waals surface area contributed by atoms with Crippen LogP contribution in [0.3, 0.4) is 0 Å². The Morgan fingerprint density at radius 2 is 2.14 bits per heavy atom. The molecule has 2 N–H and O–H groups in total. The fourth-order valence-electron chi connectivity index (χ4n) is 2.53. The number of fused-ring (bicyclic) bond motifs is 1. The number of carbonyl (C=O) groups is 1. The van der Waals surface area contributed by atoms with Crippen LogP contribution in [-0.2, 0) is 13.0 Å². The van der Waals surface area contributed by atoms with E-state index in [1.165, 1.54) is 5.56 Å². The lowest BCUT2D eigenvalue weighted by Gasteiger charge is -2.20. The van der Waals surface area contributed by atoms with Gasteiger partial charge in [0.1, 0.15) is 0 Å². The van der Waals surface area contributed by atoms with E-state index >= 15 is 0 Å². The molecule has 3 rings (SSSR count). The van der Waals surface area contributed by atoms with E-state index in [0.29, 0.717) is 5.02 Å². The van der Waals surface area contributed by atoms with Crippen molar-refractivity contribution in [1.82, 2.24) is 5.32 Å². The summed E-state index contributed by atoms with van der Waals surface area (Å²) in [5.41, 5.74) is 3.91. The molecule has 0 bridgehead atoms. The first-order valence-electron chi connectivity index (χ1n) is 6.73. The van der Waals surface area contributed by atoms with Gasteiger partial charge in [-0.1, -0.05) is 23.7 Å². The monoisotopic (exact) mass is 412 g/mol. The van der Waals surface area contributed by atoms with Gasteiger partial charge < -0.3 is 10.6 Å². The molecule has 0 saturated carbocycles. The van der Waals surface area contributed by atoms with E-state index in [1.54, 1.807) is 6.07 Å². The van der Waals surface area contributed by atoms with E-state index in [1.807, 2.05) is 24.3 Å². The standard InChI is InChI=1S/C16H14ClIN2O/c17-11-4-5-15(14(18)8-11)20-16(21)13-3-1-2-10-9-19-7-6-12(10)13/h1-5,8,19H,6-7,9H2,(H,20,21). The number of hydrogen-bond acceptors (Lipinski definition) is 2. The predicted octanol–water partition coefficient (Wildman–Crippen LogP) is 3.84. The molecule has 3 nitrogen and oxygen atoms in total. The van der Waals surface area contributed by atoms with Crippen LogP contribution in [0.25, 0.3) is 0 Å². The first-order valence-corrected chi connectivity index (χ1v) is 8.19. The average molecular weight is 413 g/mol. The molecule has 1 aliphatic heterocycles.